The smallest absolute Gasteiger partial charge is 0.135 e. The first-order chi connectivity index (χ1) is 21.7. The lowest BCUT2D eigenvalue weighted by Gasteiger charge is -2.15. The molecule has 0 atom stereocenters. The maximum Gasteiger partial charge on any atom is 0.135 e. The number of fused-ring (bicyclic) bond motifs is 3. The van der Waals surface area contributed by atoms with Crippen LogP contribution in [0.1, 0.15) is 5.56 Å². The molecule has 44 heavy (non-hydrogen) atoms. The average molecular weight is 564 g/mol. The minimum Gasteiger partial charge on any atom is -0.456 e. The van der Waals surface area contributed by atoms with Crippen LogP contribution in [-0.4, -0.2) is 4.98 Å². The molecule has 0 radical (unpaired) electrons. The van der Waals surface area contributed by atoms with Gasteiger partial charge in [-0.15, -0.1) is 0 Å². The van der Waals surface area contributed by atoms with Gasteiger partial charge in [-0.25, -0.2) is 4.98 Å². The van der Waals surface area contributed by atoms with Crippen LogP contribution in [0.5, 0.6) is 0 Å². The summed E-state index contributed by atoms with van der Waals surface area (Å²) in [4.78, 5) is 5.07. The summed E-state index contributed by atoms with van der Waals surface area (Å²) < 4.78 is 6.04. The largest absolute Gasteiger partial charge is 0.456 e. The van der Waals surface area contributed by atoms with Crippen LogP contribution in [0.15, 0.2) is 162 Å². The molecule has 0 aliphatic rings. The van der Waals surface area contributed by atoms with E-state index in [9.17, 15) is 0 Å². The fourth-order valence-corrected chi connectivity index (χ4v) is 6.21. The van der Waals surface area contributed by atoms with Crippen molar-refractivity contribution in [3.63, 3.8) is 0 Å². The summed E-state index contributed by atoms with van der Waals surface area (Å²) in [7, 11) is 0. The van der Waals surface area contributed by atoms with Crippen molar-refractivity contribution in [3.05, 3.63) is 163 Å². The van der Waals surface area contributed by atoms with E-state index < -0.39 is 0 Å². The zero-order chi connectivity index (χ0) is 29.5. The van der Waals surface area contributed by atoms with Crippen LogP contribution in [0.2, 0.25) is 0 Å². The Morgan fingerprint density at radius 2 is 0.932 bits per heavy atom. The standard InChI is InChI=1S/C42H29NO/c1-28-35(30-21-19-29(20-22-30)33-23-24-42-38(25-33)37-15-8-9-18-41(37)44-42)16-10-17-36(28)34-26-39(31-11-4-2-5-12-31)43-40(27-34)32-13-6-3-7-14-32/h2-27H,1H3. The highest BCUT2D eigenvalue weighted by atomic mass is 16.3. The molecule has 6 aromatic carbocycles. The van der Waals surface area contributed by atoms with E-state index in [2.05, 4.69) is 140 Å². The molecule has 8 aromatic rings. The summed E-state index contributed by atoms with van der Waals surface area (Å²) in [6, 6.07) is 55.5. The Balaban J connectivity index is 1.18. The first-order valence-electron chi connectivity index (χ1n) is 15.0. The van der Waals surface area contributed by atoms with Gasteiger partial charge in [0.15, 0.2) is 0 Å². The Morgan fingerprint density at radius 1 is 0.386 bits per heavy atom. The molecular formula is C42H29NO. The van der Waals surface area contributed by atoms with Gasteiger partial charge in [-0.2, -0.15) is 0 Å². The zero-order valence-electron chi connectivity index (χ0n) is 24.4. The van der Waals surface area contributed by atoms with Gasteiger partial charge in [0.05, 0.1) is 11.4 Å². The van der Waals surface area contributed by atoms with E-state index in [4.69, 9.17) is 9.40 Å². The quantitative estimate of drug-likeness (QED) is 0.208. The Morgan fingerprint density at radius 3 is 1.61 bits per heavy atom. The van der Waals surface area contributed by atoms with Crippen LogP contribution in [0.4, 0.5) is 0 Å². The minimum atomic E-state index is 0.918. The number of benzene rings is 6. The monoisotopic (exact) mass is 563 g/mol. The number of aromatic nitrogens is 1. The summed E-state index contributed by atoms with van der Waals surface area (Å²) in [5.74, 6) is 0. The van der Waals surface area contributed by atoms with Crippen LogP contribution in [0, 0.1) is 6.92 Å². The van der Waals surface area contributed by atoms with Gasteiger partial charge in [0.2, 0.25) is 0 Å². The highest BCUT2D eigenvalue weighted by Gasteiger charge is 2.14. The van der Waals surface area contributed by atoms with Crippen molar-refractivity contribution in [3.8, 4) is 55.9 Å². The highest BCUT2D eigenvalue weighted by molar-refractivity contribution is 6.06. The van der Waals surface area contributed by atoms with Gasteiger partial charge >= 0.3 is 0 Å². The molecular weight excluding hydrogens is 534 g/mol. The second-order valence-corrected chi connectivity index (χ2v) is 11.2. The van der Waals surface area contributed by atoms with Gasteiger partial charge < -0.3 is 4.42 Å². The molecule has 0 spiro atoms. The van der Waals surface area contributed by atoms with Crippen LogP contribution in [0.25, 0.3) is 77.8 Å². The molecule has 8 rings (SSSR count). The van der Waals surface area contributed by atoms with E-state index in [1.54, 1.807) is 0 Å². The van der Waals surface area contributed by atoms with Crippen molar-refractivity contribution in [2.24, 2.45) is 0 Å². The molecule has 0 bridgehead atoms. The van der Waals surface area contributed by atoms with Gasteiger partial charge in [-0.3, -0.25) is 0 Å². The normalized spacial score (nSPS) is 11.3. The Labute approximate surface area is 256 Å². The number of hydrogen-bond acceptors (Lipinski definition) is 2. The zero-order valence-corrected chi connectivity index (χ0v) is 24.4. The third kappa shape index (κ3) is 4.67. The lowest BCUT2D eigenvalue weighted by Crippen LogP contribution is -1.93. The van der Waals surface area contributed by atoms with Gasteiger partial charge in [0.25, 0.3) is 0 Å². The van der Waals surface area contributed by atoms with E-state index in [0.717, 1.165) is 50.0 Å². The minimum absolute atomic E-state index is 0.918. The maximum atomic E-state index is 6.04. The predicted molar refractivity (Wildman–Crippen MR) is 183 cm³/mol. The number of furan rings is 1. The van der Waals surface area contributed by atoms with Gasteiger partial charge in [-0.1, -0.05) is 127 Å². The molecule has 2 nitrogen and oxygen atoms in total. The van der Waals surface area contributed by atoms with Crippen molar-refractivity contribution in [2.75, 3.05) is 0 Å². The van der Waals surface area contributed by atoms with Crippen molar-refractivity contribution in [2.45, 2.75) is 6.92 Å². The van der Waals surface area contributed by atoms with Gasteiger partial charge in [-0.05, 0) is 76.2 Å². The van der Waals surface area contributed by atoms with Crippen molar-refractivity contribution < 1.29 is 4.42 Å². The van der Waals surface area contributed by atoms with Crippen LogP contribution in [0.3, 0.4) is 0 Å². The predicted octanol–water partition coefficient (Wildman–Crippen LogP) is 11.6. The van der Waals surface area contributed by atoms with Crippen LogP contribution < -0.4 is 0 Å². The van der Waals surface area contributed by atoms with E-state index in [0.29, 0.717) is 0 Å². The van der Waals surface area contributed by atoms with E-state index in [-0.39, 0.29) is 0 Å². The second kappa shape index (κ2) is 10.8. The fraction of sp³-hybridized carbons (Fsp3) is 0.0238. The molecule has 2 heterocycles. The maximum absolute atomic E-state index is 6.04. The van der Waals surface area contributed by atoms with Gasteiger partial charge in [0, 0.05) is 21.9 Å². The summed E-state index contributed by atoms with van der Waals surface area (Å²) in [5.41, 5.74) is 14.4. The first-order valence-corrected chi connectivity index (χ1v) is 15.0. The number of hydrogen-bond donors (Lipinski definition) is 0. The molecule has 0 aliphatic heterocycles. The molecule has 0 amide bonds. The van der Waals surface area contributed by atoms with E-state index in [1.807, 2.05) is 24.3 Å². The molecule has 0 unspecified atom stereocenters. The van der Waals surface area contributed by atoms with Crippen LogP contribution >= 0.6 is 0 Å². The summed E-state index contributed by atoms with van der Waals surface area (Å²) in [6.45, 7) is 2.22. The van der Waals surface area contributed by atoms with Crippen molar-refractivity contribution in [1.82, 2.24) is 4.98 Å². The third-order valence-corrected chi connectivity index (χ3v) is 8.52. The molecule has 0 saturated carbocycles. The number of pyridine rings is 1. The Kier molecular flexibility index (Phi) is 6.39. The summed E-state index contributed by atoms with van der Waals surface area (Å²) in [6.07, 6.45) is 0. The molecule has 0 fully saturated rings. The number of para-hydroxylation sites is 1. The molecule has 2 heteroatoms. The first kappa shape index (κ1) is 25.9. The lowest BCUT2D eigenvalue weighted by atomic mass is 9.91. The highest BCUT2D eigenvalue weighted by Crippen LogP contribution is 2.37. The van der Waals surface area contributed by atoms with E-state index in [1.165, 1.54) is 33.4 Å². The average Bonchev–Trinajstić information content (AvgIpc) is 3.47. The summed E-state index contributed by atoms with van der Waals surface area (Å²) >= 11 is 0. The third-order valence-electron chi connectivity index (χ3n) is 8.52. The topological polar surface area (TPSA) is 26.0 Å². The number of rotatable bonds is 5. The Hall–Kier alpha value is -5.73. The SMILES string of the molecule is Cc1c(-c2ccc(-c3ccc4oc5ccccc5c4c3)cc2)cccc1-c1cc(-c2ccccc2)nc(-c2ccccc2)c1. The second-order valence-electron chi connectivity index (χ2n) is 11.2. The van der Waals surface area contributed by atoms with Gasteiger partial charge in [0.1, 0.15) is 11.2 Å². The van der Waals surface area contributed by atoms with Crippen molar-refractivity contribution >= 4 is 21.9 Å². The van der Waals surface area contributed by atoms with E-state index >= 15 is 0 Å². The van der Waals surface area contributed by atoms with Crippen LogP contribution in [-0.2, 0) is 0 Å². The molecule has 0 aliphatic carbocycles. The molecule has 0 N–H and O–H groups in total. The summed E-state index contributed by atoms with van der Waals surface area (Å²) in [5, 5.41) is 2.29. The fourth-order valence-electron chi connectivity index (χ4n) is 6.21. The Bertz CT molecular complexity index is 2200. The number of nitrogens with zero attached hydrogens (tertiary/aromatic N) is 1. The lowest BCUT2D eigenvalue weighted by molar-refractivity contribution is 0.669. The molecule has 0 saturated heterocycles. The molecule has 208 valence electrons. The van der Waals surface area contributed by atoms with Crippen molar-refractivity contribution in [1.29, 1.82) is 0 Å². The molecule has 2 aromatic heterocycles.